The Morgan fingerprint density at radius 2 is 2.11 bits per heavy atom. The van der Waals surface area contributed by atoms with E-state index in [1.54, 1.807) is 5.57 Å². The lowest BCUT2D eigenvalue weighted by molar-refractivity contribution is 0.0732. The van der Waals surface area contributed by atoms with Gasteiger partial charge in [-0.25, -0.2) is 0 Å². The molecule has 0 radical (unpaired) electrons. The van der Waals surface area contributed by atoms with Crippen LogP contribution < -0.4 is 0 Å². The maximum atomic E-state index is 9.59. The van der Waals surface area contributed by atoms with Crippen LogP contribution in [0.1, 0.15) is 58.8 Å². The standard InChI is InChI=1S/C17H28O/c1-12-4-3-5-16-14(12)7-6-13-10-17(2,11-18)9-8-15(13)16/h8,12-14,16,18H,3-7,9-11H2,1-2H3/t12-,13+,14?,16?,17+/m0/s1. The molecule has 0 amide bonds. The summed E-state index contributed by atoms with van der Waals surface area (Å²) >= 11 is 0. The molecule has 2 unspecified atom stereocenters. The molecule has 0 aromatic rings. The number of rotatable bonds is 1. The van der Waals surface area contributed by atoms with Gasteiger partial charge in [-0.15, -0.1) is 0 Å². The average Bonchev–Trinajstić information content (AvgIpc) is 2.38. The minimum atomic E-state index is 0.168. The van der Waals surface area contributed by atoms with Crippen LogP contribution in [0.4, 0.5) is 0 Å². The second-order valence-corrected chi connectivity index (χ2v) is 7.53. The normalized spacial score (nSPS) is 48.1. The first kappa shape index (κ1) is 12.7. The molecule has 102 valence electrons. The van der Waals surface area contributed by atoms with Crippen molar-refractivity contribution < 1.29 is 5.11 Å². The van der Waals surface area contributed by atoms with E-state index in [4.69, 9.17) is 0 Å². The maximum absolute atomic E-state index is 9.59. The molecule has 0 spiro atoms. The SMILES string of the molecule is C[C@H]1CCCC2C3=CC[C@@](C)(CO)C[C@H]3CCC21. The lowest BCUT2D eigenvalue weighted by atomic mass is 9.57. The highest BCUT2D eigenvalue weighted by Gasteiger charge is 2.43. The maximum Gasteiger partial charge on any atom is 0.0487 e. The highest BCUT2D eigenvalue weighted by atomic mass is 16.3. The summed E-state index contributed by atoms with van der Waals surface area (Å²) in [4.78, 5) is 0. The zero-order valence-electron chi connectivity index (χ0n) is 12.0. The third-order valence-corrected chi connectivity index (χ3v) is 6.12. The number of hydrogen-bond donors (Lipinski definition) is 1. The van der Waals surface area contributed by atoms with Crippen molar-refractivity contribution in [1.82, 2.24) is 0 Å². The minimum absolute atomic E-state index is 0.168. The van der Waals surface area contributed by atoms with Gasteiger partial charge in [0.15, 0.2) is 0 Å². The molecular formula is C17H28O. The highest BCUT2D eigenvalue weighted by Crippen LogP contribution is 2.53. The van der Waals surface area contributed by atoms with E-state index in [0.717, 1.165) is 30.1 Å². The summed E-state index contributed by atoms with van der Waals surface area (Å²) in [6.07, 6.45) is 12.0. The fourth-order valence-corrected chi connectivity index (χ4v) is 4.96. The van der Waals surface area contributed by atoms with E-state index in [9.17, 15) is 5.11 Å². The third kappa shape index (κ3) is 2.05. The van der Waals surface area contributed by atoms with Crippen molar-refractivity contribution >= 4 is 0 Å². The van der Waals surface area contributed by atoms with Crippen molar-refractivity contribution in [3.05, 3.63) is 11.6 Å². The second kappa shape index (κ2) is 4.67. The molecule has 3 aliphatic carbocycles. The van der Waals surface area contributed by atoms with Gasteiger partial charge >= 0.3 is 0 Å². The summed E-state index contributed by atoms with van der Waals surface area (Å²) in [5.41, 5.74) is 1.96. The molecule has 0 heterocycles. The van der Waals surface area contributed by atoms with E-state index < -0.39 is 0 Å². The molecule has 0 aliphatic heterocycles. The first-order chi connectivity index (χ1) is 8.63. The van der Waals surface area contributed by atoms with Gasteiger partial charge in [-0.1, -0.05) is 38.3 Å². The highest BCUT2D eigenvalue weighted by molar-refractivity contribution is 5.21. The molecule has 3 aliphatic rings. The molecule has 2 saturated carbocycles. The number of aliphatic hydroxyl groups is 1. The predicted molar refractivity (Wildman–Crippen MR) is 75.2 cm³/mol. The quantitative estimate of drug-likeness (QED) is 0.691. The van der Waals surface area contributed by atoms with Gasteiger partial charge in [-0.05, 0) is 61.2 Å². The first-order valence-corrected chi connectivity index (χ1v) is 7.94. The van der Waals surface area contributed by atoms with E-state index >= 15 is 0 Å². The molecule has 18 heavy (non-hydrogen) atoms. The molecule has 0 aromatic heterocycles. The van der Waals surface area contributed by atoms with Crippen molar-refractivity contribution in [1.29, 1.82) is 0 Å². The van der Waals surface area contributed by atoms with Crippen LogP contribution in [0.25, 0.3) is 0 Å². The van der Waals surface area contributed by atoms with Crippen LogP contribution in [0, 0.1) is 29.1 Å². The molecule has 0 bridgehead atoms. The molecule has 0 saturated heterocycles. The number of hydrogen-bond acceptors (Lipinski definition) is 1. The molecular weight excluding hydrogens is 220 g/mol. The van der Waals surface area contributed by atoms with E-state index in [0.29, 0.717) is 6.61 Å². The van der Waals surface area contributed by atoms with Gasteiger partial charge in [0.1, 0.15) is 0 Å². The Bertz CT molecular complexity index is 346. The Morgan fingerprint density at radius 3 is 2.89 bits per heavy atom. The Labute approximate surface area is 112 Å². The van der Waals surface area contributed by atoms with Crippen LogP contribution in [-0.4, -0.2) is 11.7 Å². The van der Waals surface area contributed by atoms with Crippen molar-refractivity contribution in [2.75, 3.05) is 6.61 Å². The van der Waals surface area contributed by atoms with Gasteiger partial charge in [0, 0.05) is 6.61 Å². The van der Waals surface area contributed by atoms with E-state index in [-0.39, 0.29) is 5.41 Å². The number of aliphatic hydroxyl groups excluding tert-OH is 1. The number of fused-ring (bicyclic) bond motifs is 3. The second-order valence-electron chi connectivity index (χ2n) is 7.53. The summed E-state index contributed by atoms with van der Waals surface area (Å²) < 4.78 is 0. The third-order valence-electron chi connectivity index (χ3n) is 6.12. The Kier molecular flexibility index (Phi) is 3.30. The summed E-state index contributed by atoms with van der Waals surface area (Å²) in [6.45, 7) is 5.09. The largest absolute Gasteiger partial charge is 0.396 e. The Morgan fingerprint density at radius 1 is 1.28 bits per heavy atom. The van der Waals surface area contributed by atoms with Gasteiger partial charge in [0.25, 0.3) is 0 Å². The van der Waals surface area contributed by atoms with Gasteiger partial charge in [0.05, 0.1) is 0 Å². The van der Waals surface area contributed by atoms with E-state index in [1.165, 1.54) is 38.5 Å². The van der Waals surface area contributed by atoms with Gasteiger partial charge in [-0.2, -0.15) is 0 Å². The average molecular weight is 248 g/mol. The van der Waals surface area contributed by atoms with Crippen molar-refractivity contribution in [2.24, 2.45) is 29.1 Å². The summed E-state index contributed by atoms with van der Waals surface area (Å²) in [6, 6.07) is 0. The smallest absolute Gasteiger partial charge is 0.0487 e. The molecule has 5 atom stereocenters. The summed E-state index contributed by atoms with van der Waals surface area (Å²) in [5.74, 6) is 3.61. The van der Waals surface area contributed by atoms with Crippen molar-refractivity contribution in [3.8, 4) is 0 Å². The zero-order valence-corrected chi connectivity index (χ0v) is 12.0. The molecule has 1 heteroatoms. The summed E-state index contributed by atoms with van der Waals surface area (Å²) in [5, 5.41) is 9.59. The topological polar surface area (TPSA) is 20.2 Å². The van der Waals surface area contributed by atoms with Crippen LogP contribution >= 0.6 is 0 Å². The molecule has 0 aromatic carbocycles. The van der Waals surface area contributed by atoms with Crippen LogP contribution in [-0.2, 0) is 0 Å². The molecule has 1 N–H and O–H groups in total. The fraction of sp³-hybridized carbons (Fsp3) is 0.882. The monoisotopic (exact) mass is 248 g/mol. The predicted octanol–water partition coefficient (Wildman–Crippen LogP) is 4.17. The molecule has 2 fully saturated rings. The van der Waals surface area contributed by atoms with Crippen molar-refractivity contribution in [2.45, 2.75) is 58.8 Å². The molecule has 3 rings (SSSR count). The van der Waals surface area contributed by atoms with Gasteiger partial charge in [0.2, 0.25) is 0 Å². The van der Waals surface area contributed by atoms with Crippen LogP contribution in [0.2, 0.25) is 0 Å². The Hall–Kier alpha value is -0.300. The minimum Gasteiger partial charge on any atom is -0.396 e. The van der Waals surface area contributed by atoms with E-state index in [2.05, 4.69) is 19.9 Å². The van der Waals surface area contributed by atoms with Crippen LogP contribution in [0.15, 0.2) is 11.6 Å². The fourth-order valence-electron chi connectivity index (χ4n) is 4.96. The molecule has 1 nitrogen and oxygen atoms in total. The van der Waals surface area contributed by atoms with E-state index in [1.807, 2.05) is 0 Å². The summed E-state index contributed by atoms with van der Waals surface area (Å²) in [7, 11) is 0. The number of allylic oxidation sites excluding steroid dienone is 2. The zero-order chi connectivity index (χ0) is 12.8. The van der Waals surface area contributed by atoms with Gasteiger partial charge < -0.3 is 5.11 Å². The lowest BCUT2D eigenvalue weighted by Crippen LogP contribution is -2.39. The van der Waals surface area contributed by atoms with Gasteiger partial charge in [-0.3, -0.25) is 0 Å². The van der Waals surface area contributed by atoms with Crippen LogP contribution in [0.3, 0.4) is 0 Å². The van der Waals surface area contributed by atoms with Crippen molar-refractivity contribution in [3.63, 3.8) is 0 Å². The lowest BCUT2D eigenvalue weighted by Gasteiger charge is -2.49. The first-order valence-electron chi connectivity index (χ1n) is 7.94. The Balaban J connectivity index is 1.83. The van der Waals surface area contributed by atoms with Crippen LogP contribution in [0.5, 0.6) is 0 Å².